The van der Waals surface area contributed by atoms with Gasteiger partial charge in [-0.1, -0.05) is 34.1 Å². The summed E-state index contributed by atoms with van der Waals surface area (Å²) in [4.78, 5) is 14.2. The van der Waals surface area contributed by atoms with Crippen molar-refractivity contribution in [2.75, 3.05) is 11.9 Å². The van der Waals surface area contributed by atoms with Gasteiger partial charge in [-0.05, 0) is 52.7 Å². The number of para-hydroxylation sites is 1. The van der Waals surface area contributed by atoms with Crippen molar-refractivity contribution in [3.05, 3.63) is 62.5 Å². The monoisotopic (exact) mass is 381 g/mol. The fourth-order valence-electron chi connectivity index (χ4n) is 1.89. The van der Waals surface area contributed by atoms with Gasteiger partial charge >= 0.3 is 0 Å². The Balaban J connectivity index is 2.39. The van der Waals surface area contributed by atoms with Crippen LogP contribution in [-0.4, -0.2) is 13.0 Å². The average molecular weight is 383 g/mol. The third-order valence-corrected chi connectivity index (χ3v) is 4.13. The first-order chi connectivity index (χ1) is 9.00. The van der Waals surface area contributed by atoms with Crippen molar-refractivity contribution < 1.29 is 4.79 Å². The van der Waals surface area contributed by atoms with Crippen molar-refractivity contribution in [3.8, 4) is 0 Å². The maximum absolute atomic E-state index is 12.5. The van der Waals surface area contributed by atoms with Gasteiger partial charge in [-0.2, -0.15) is 0 Å². The van der Waals surface area contributed by atoms with Crippen LogP contribution in [0.2, 0.25) is 0 Å². The molecule has 0 saturated carbocycles. The van der Waals surface area contributed by atoms with Gasteiger partial charge in [-0.25, -0.2) is 0 Å². The zero-order valence-corrected chi connectivity index (χ0v) is 13.8. The first kappa shape index (κ1) is 14.3. The Labute approximate surface area is 129 Å². The number of rotatable bonds is 2. The van der Waals surface area contributed by atoms with E-state index >= 15 is 0 Å². The van der Waals surface area contributed by atoms with Gasteiger partial charge in [0, 0.05) is 21.7 Å². The number of aryl methyl sites for hydroxylation is 1. The van der Waals surface area contributed by atoms with Crippen molar-refractivity contribution in [2.24, 2.45) is 0 Å². The van der Waals surface area contributed by atoms with Crippen LogP contribution in [0.4, 0.5) is 5.69 Å². The van der Waals surface area contributed by atoms with E-state index in [9.17, 15) is 4.79 Å². The first-order valence-electron chi connectivity index (χ1n) is 5.79. The molecule has 0 radical (unpaired) electrons. The van der Waals surface area contributed by atoms with Crippen LogP contribution in [0.1, 0.15) is 15.9 Å². The van der Waals surface area contributed by atoms with E-state index in [0.717, 1.165) is 20.2 Å². The van der Waals surface area contributed by atoms with Crippen LogP contribution in [0.5, 0.6) is 0 Å². The summed E-state index contributed by atoms with van der Waals surface area (Å²) in [6.45, 7) is 2.00. The zero-order valence-electron chi connectivity index (χ0n) is 10.7. The Bertz CT molecular complexity index is 625. The van der Waals surface area contributed by atoms with E-state index < -0.39 is 0 Å². The molecule has 0 aromatic heterocycles. The standard InChI is InChI=1S/C15H13Br2NO/c1-10-5-3-4-6-14(10)18(2)15(19)12-9-11(16)7-8-13(12)17/h3-9H,1-2H3. The van der Waals surface area contributed by atoms with Gasteiger partial charge in [0.1, 0.15) is 0 Å². The molecule has 2 rings (SSSR count). The number of carbonyl (C=O) groups excluding carboxylic acids is 1. The molecule has 4 heteroatoms. The minimum absolute atomic E-state index is 0.0394. The Morgan fingerprint density at radius 1 is 1.11 bits per heavy atom. The highest BCUT2D eigenvalue weighted by Crippen LogP contribution is 2.25. The number of hydrogen-bond donors (Lipinski definition) is 0. The number of hydrogen-bond acceptors (Lipinski definition) is 1. The minimum atomic E-state index is -0.0394. The molecule has 0 aliphatic heterocycles. The van der Waals surface area contributed by atoms with Crippen molar-refractivity contribution in [3.63, 3.8) is 0 Å². The summed E-state index contributed by atoms with van der Waals surface area (Å²) in [5.41, 5.74) is 2.63. The van der Waals surface area contributed by atoms with Gasteiger partial charge in [-0.3, -0.25) is 4.79 Å². The number of anilines is 1. The predicted molar refractivity (Wildman–Crippen MR) is 85.8 cm³/mol. The molecule has 2 aromatic carbocycles. The van der Waals surface area contributed by atoms with Crippen LogP contribution < -0.4 is 4.90 Å². The normalized spacial score (nSPS) is 10.3. The van der Waals surface area contributed by atoms with Crippen LogP contribution in [-0.2, 0) is 0 Å². The van der Waals surface area contributed by atoms with E-state index in [4.69, 9.17) is 0 Å². The summed E-state index contributed by atoms with van der Waals surface area (Å²) < 4.78 is 1.68. The highest BCUT2D eigenvalue weighted by atomic mass is 79.9. The maximum Gasteiger partial charge on any atom is 0.259 e. The lowest BCUT2D eigenvalue weighted by Gasteiger charge is -2.20. The van der Waals surface area contributed by atoms with E-state index in [2.05, 4.69) is 31.9 Å². The van der Waals surface area contributed by atoms with E-state index in [0.29, 0.717) is 5.56 Å². The highest BCUT2D eigenvalue weighted by molar-refractivity contribution is 9.11. The molecule has 0 unspecified atom stereocenters. The fraction of sp³-hybridized carbons (Fsp3) is 0.133. The third kappa shape index (κ3) is 3.07. The molecule has 2 aromatic rings. The Morgan fingerprint density at radius 2 is 1.79 bits per heavy atom. The summed E-state index contributed by atoms with van der Waals surface area (Å²) in [5, 5.41) is 0. The lowest BCUT2D eigenvalue weighted by molar-refractivity contribution is 0.0992. The number of amides is 1. The molecule has 0 saturated heterocycles. The molecule has 0 aliphatic carbocycles. The largest absolute Gasteiger partial charge is 0.311 e. The van der Waals surface area contributed by atoms with Gasteiger partial charge < -0.3 is 4.90 Å². The second-order valence-corrected chi connectivity index (χ2v) is 6.04. The zero-order chi connectivity index (χ0) is 14.0. The lowest BCUT2D eigenvalue weighted by atomic mass is 10.1. The fourth-order valence-corrected chi connectivity index (χ4v) is 2.67. The number of halogens is 2. The highest BCUT2D eigenvalue weighted by Gasteiger charge is 2.17. The summed E-state index contributed by atoms with van der Waals surface area (Å²) in [5.74, 6) is -0.0394. The van der Waals surface area contributed by atoms with Crippen LogP contribution in [0, 0.1) is 6.92 Å². The number of benzene rings is 2. The second kappa shape index (κ2) is 5.88. The number of carbonyl (C=O) groups is 1. The molecule has 0 atom stereocenters. The Hall–Kier alpha value is -1.13. The van der Waals surface area contributed by atoms with E-state index in [-0.39, 0.29) is 5.91 Å². The minimum Gasteiger partial charge on any atom is -0.311 e. The molecule has 0 N–H and O–H groups in total. The van der Waals surface area contributed by atoms with Gasteiger partial charge in [-0.15, -0.1) is 0 Å². The number of nitrogens with zero attached hydrogens (tertiary/aromatic N) is 1. The van der Waals surface area contributed by atoms with Crippen molar-refractivity contribution in [1.29, 1.82) is 0 Å². The van der Waals surface area contributed by atoms with Gasteiger partial charge in [0.05, 0.1) is 5.56 Å². The quantitative estimate of drug-likeness (QED) is 0.730. The molecule has 2 nitrogen and oxygen atoms in total. The SMILES string of the molecule is Cc1ccccc1N(C)C(=O)c1cc(Br)ccc1Br. The maximum atomic E-state index is 12.5. The van der Waals surface area contributed by atoms with Crippen LogP contribution in [0.3, 0.4) is 0 Å². The van der Waals surface area contributed by atoms with Crippen molar-refractivity contribution in [1.82, 2.24) is 0 Å². The summed E-state index contributed by atoms with van der Waals surface area (Å²) >= 11 is 6.81. The van der Waals surface area contributed by atoms with Gasteiger partial charge in [0.15, 0.2) is 0 Å². The van der Waals surface area contributed by atoms with Gasteiger partial charge in [0.2, 0.25) is 0 Å². The molecule has 0 bridgehead atoms. The molecule has 0 aliphatic rings. The Kier molecular flexibility index (Phi) is 4.42. The molecular weight excluding hydrogens is 370 g/mol. The summed E-state index contributed by atoms with van der Waals surface area (Å²) in [7, 11) is 1.79. The lowest BCUT2D eigenvalue weighted by Crippen LogP contribution is -2.27. The van der Waals surface area contributed by atoms with Crippen LogP contribution in [0.15, 0.2) is 51.4 Å². The third-order valence-electron chi connectivity index (χ3n) is 2.94. The molecule has 0 spiro atoms. The summed E-state index contributed by atoms with van der Waals surface area (Å²) in [6, 6.07) is 13.4. The average Bonchev–Trinajstić information content (AvgIpc) is 2.40. The van der Waals surface area contributed by atoms with Crippen LogP contribution in [0.25, 0.3) is 0 Å². The van der Waals surface area contributed by atoms with Crippen molar-refractivity contribution in [2.45, 2.75) is 6.92 Å². The first-order valence-corrected chi connectivity index (χ1v) is 7.38. The molecule has 0 heterocycles. The smallest absolute Gasteiger partial charge is 0.259 e. The van der Waals surface area contributed by atoms with E-state index in [1.807, 2.05) is 49.4 Å². The second-order valence-electron chi connectivity index (χ2n) is 4.27. The van der Waals surface area contributed by atoms with Gasteiger partial charge in [0.25, 0.3) is 5.91 Å². The molecule has 19 heavy (non-hydrogen) atoms. The summed E-state index contributed by atoms with van der Waals surface area (Å²) in [6.07, 6.45) is 0. The molecule has 0 fully saturated rings. The van der Waals surface area contributed by atoms with Crippen LogP contribution >= 0.6 is 31.9 Å². The molecule has 98 valence electrons. The topological polar surface area (TPSA) is 20.3 Å². The van der Waals surface area contributed by atoms with E-state index in [1.54, 1.807) is 11.9 Å². The predicted octanol–water partition coefficient (Wildman–Crippen LogP) is 4.80. The van der Waals surface area contributed by atoms with E-state index in [1.165, 1.54) is 0 Å². The Morgan fingerprint density at radius 3 is 2.47 bits per heavy atom. The molecule has 1 amide bonds. The van der Waals surface area contributed by atoms with Crippen molar-refractivity contribution >= 4 is 43.5 Å². The molecular formula is C15H13Br2NO.